The SMILES string of the molecule is COc1cc(OC)c(NC(=O)CN(C)Cc2c(F)cccc2Cl)cc1Cl. The fourth-order valence-electron chi connectivity index (χ4n) is 2.40. The maximum atomic E-state index is 13.9. The first-order valence-electron chi connectivity index (χ1n) is 7.68. The first-order valence-corrected chi connectivity index (χ1v) is 8.44. The van der Waals surface area contributed by atoms with E-state index in [1.807, 2.05) is 0 Å². The molecule has 0 heterocycles. The minimum atomic E-state index is -0.409. The minimum absolute atomic E-state index is 0.0253. The Labute approximate surface area is 161 Å². The molecule has 0 aliphatic rings. The van der Waals surface area contributed by atoms with Crippen molar-refractivity contribution in [3.63, 3.8) is 0 Å². The molecule has 0 aliphatic carbocycles. The number of hydrogen-bond donors (Lipinski definition) is 1. The van der Waals surface area contributed by atoms with Gasteiger partial charge in [0.25, 0.3) is 0 Å². The van der Waals surface area contributed by atoms with Crippen molar-refractivity contribution in [1.29, 1.82) is 0 Å². The van der Waals surface area contributed by atoms with Crippen LogP contribution < -0.4 is 14.8 Å². The number of halogens is 3. The molecular weight excluding hydrogens is 382 g/mol. The standard InChI is InChI=1S/C18H19Cl2FN2O3/c1-23(9-11-12(19)5-4-6-14(11)21)10-18(24)22-15-7-13(20)16(25-2)8-17(15)26-3/h4-8H,9-10H2,1-3H3,(H,22,24). The molecule has 2 aromatic rings. The maximum absolute atomic E-state index is 13.9. The van der Waals surface area contributed by atoms with Gasteiger partial charge in [-0.3, -0.25) is 9.69 Å². The molecule has 0 atom stereocenters. The lowest BCUT2D eigenvalue weighted by atomic mass is 10.2. The molecule has 0 spiro atoms. The zero-order valence-electron chi connectivity index (χ0n) is 14.6. The summed E-state index contributed by atoms with van der Waals surface area (Å²) in [7, 11) is 4.66. The summed E-state index contributed by atoms with van der Waals surface area (Å²) in [5.41, 5.74) is 0.759. The first kappa shape index (κ1) is 20.3. The molecule has 0 bridgehead atoms. The first-order chi connectivity index (χ1) is 12.3. The minimum Gasteiger partial charge on any atom is -0.495 e. The number of rotatable bonds is 7. The molecule has 0 saturated carbocycles. The molecule has 2 aromatic carbocycles. The topological polar surface area (TPSA) is 50.8 Å². The van der Waals surface area contributed by atoms with Crippen LogP contribution in [0, 0.1) is 5.82 Å². The van der Waals surface area contributed by atoms with Crippen molar-refractivity contribution in [2.45, 2.75) is 6.54 Å². The van der Waals surface area contributed by atoms with E-state index >= 15 is 0 Å². The van der Waals surface area contributed by atoms with Gasteiger partial charge in [-0.25, -0.2) is 4.39 Å². The molecule has 2 rings (SSSR count). The largest absolute Gasteiger partial charge is 0.495 e. The van der Waals surface area contributed by atoms with Crippen molar-refractivity contribution < 1.29 is 18.7 Å². The average Bonchev–Trinajstić information content (AvgIpc) is 2.58. The smallest absolute Gasteiger partial charge is 0.238 e. The number of hydrogen-bond acceptors (Lipinski definition) is 4. The molecule has 0 fully saturated rings. The summed E-state index contributed by atoms with van der Waals surface area (Å²) in [5, 5.41) is 3.39. The van der Waals surface area contributed by atoms with E-state index < -0.39 is 5.82 Å². The summed E-state index contributed by atoms with van der Waals surface area (Å²) in [6.07, 6.45) is 0. The predicted octanol–water partition coefficient (Wildman–Crippen LogP) is 4.22. The van der Waals surface area contributed by atoms with E-state index in [0.717, 1.165) is 0 Å². The number of ether oxygens (including phenoxy) is 2. The third kappa shape index (κ3) is 5.00. The highest BCUT2D eigenvalue weighted by Crippen LogP contribution is 2.35. The second-order valence-electron chi connectivity index (χ2n) is 5.61. The Morgan fingerprint density at radius 2 is 1.85 bits per heavy atom. The zero-order chi connectivity index (χ0) is 19.3. The van der Waals surface area contributed by atoms with Crippen LogP contribution in [0.1, 0.15) is 5.56 Å². The van der Waals surface area contributed by atoms with Crippen LogP contribution in [0.5, 0.6) is 11.5 Å². The van der Waals surface area contributed by atoms with Gasteiger partial charge in [-0.05, 0) is 25.2 Å². The molecule has 1 N–H and O–H groups in total. The Balaban J connectivity index is 2.05. The van der Waals surface area contributed by atoms with Crippen LogP contribution >= 0.6 is 23.2 Å². The summed E-state index contributed by atoms with van der Waals surface area (Å²) < 4.78 is 24.2. The Bertz CT molecular complexity index is 782. The number of carbonyl (C=O) groups excluding carboxylic acids is 1. The van der Waals surface area contributed by atoms with Crippen molar-refractivity contribution in [3.05, 3.63) is 51.8 Å². The van der Waals surface area contributed by atoms with Crippen LogP contribution in [-0.4, -0.2) is 38.6 Å². The van der Waals surface area contributed by atoms with Gasteiger partial charge in [0.05, 0.1) is 31.5 Å². The fraction of sp³-hybridized carbons (Fsp3) is 0.278. The van der Waals surface area contributed by atoms with E-state index in [9.17, 15) is 9.18 Å². The summed E-state index contributed by atoms with van der Waals surface area (Å²) >= 11 is 12.1. The molecule has 0 saturated heterocycles. The average molecular weight is 401 g/mol. The Morgan fingerprint density at radius 1 is 1.15 bits per heavy atom. The maximum Gasteiger partial charge on any atom is 0.238 e. The zero-order valence-corrected chi connectivity index (χ0v) is 16.1. The number of amides is 1. The molecule has 0 radical (unpaired) electrons. The number of benzene rings is 2. The number of anilines is 1. The van der Waals surface area contributed by atoms with Crippen LogP contribution in [-0.2, 0) is 11.3 Å². The highest BCUT2D eigenvalue weighted by atomic mass is 35.5. The van der Waals surface area contributed by atoms with Crippen LogP contribution in [0.25, 0.3) is 0 Å². The lowest BCUT2D eigenvalue weighted by Crippen LogP contribution is -2.30. The Kier molecular flexibility index (Phi) is 7.08. The van der Waals surface area contributed by atoms with Crippen LogP contribution in [0.4, 0.5) is 10.1 Å². The summed E-state index contributed by atoms with van der Waals surface area (Å²) in [4.78, 5) is 14.0. The molecule has 8 heteroatoms. The number of methoxy groups -OCH3 is 2. The molecule has 1 amide bonds. The third-order valence-corrected chi connectivity index (χ3v) is 4.30. The van der Waals surface area contributed by atoms with Crippen molar-refractivity contribution in [2.75, 3.05) is 33.1 Å². The molecule has 0 unspecified atom stereocenters. The lowest BCUT2D eigenvalue weighted by Gasteiger charge is -2.18. The van der Waals surface area contributed by atoms with E-state index in [0.29, 0.717) is 32.8 Å². The predicted molar refractivity (Wildman–Crippen MR) is 101 cm³/mol. The van der Waals surface area contributed by atoms with Crippen molar-refractivity contribution >= 4 is 34.8 Å². The van der Waals surface area contributed by atoms with Crippen molar-refractivity contribution in [2.24, 2.45) is 0 Å². The Morgan fingerprint density at radius 3 is 2.46 bits per heavy atom. The monoisotopic (exact) mass is 400 g/mol. The third-order valence-electron chi connectivity index (χ3n) is 3.65. The van der Waals surface area contributed by atoms with E-state index in [1.54, 1.807) is 30.1 Å². The number of nitrogens with one attached hydrogen (secondary N) is 1. The van der Waals surface area contributed by atoms with Gasteiger partial charge in [0, 0.05) is 23.2 Å². The normalized spacial score (nSPS) is 10.7. The van der Waals surface area contributed by atoms with Gasteiger partial charge in [-0.15, -0.1) is 0 Å². The van der Waals surface area contributed by atoms with E-state index in [4.69, 9.17) is 32.7 Å². The summed E-state index contributed by atoms with van der Waals surface area (Å²) in [6, 6.07) is 7.61. The van der Waals surface area contributed by atoms with Crippen LogP contribution in [0.15, 0.2) is 30.3 Å². The quantitative estimate of drug-likeness (QED) is 0.755. The van der Waals surface area contributed by atoms with Crippen molar-refractivity contribution in [1.82, 2.24) is 4.90 Å². The molecular formula is C18H19Cl2FN2O3. The molecule has 5 nitrogen and oxygen atoms in total. The number of likely N-dealkylation sites (N-methyl/N-ethyl adjacent to an activating group) is 1. The Hall–Kier alpha value is -2.02. The second kappa shape index (κ2) is 9.07. The lowest BCUT2D eigenvalue weighted by molar-refractivity contribution is -0.117. The van der Waals surface area contributed by atoms with Crippen molar-refractivity contribution in [3.8, 4) is 11.5 Å². The van der Waals surface area contributed by atoms with Crippen LogP contribution in [0.2, 0.25) is 10.0 Å². The molecule has 26 heavy (non-hydrogen) atoms. The van der Waals surface area contributed by atoms with Gasteiger partial charge in [0.15, 0.2) is 0 Å². The highest BCUT2D eigenvalue weighted by molar-refractivity contribution is 6.32. The number of nitrogens with zero attached hydrogens (tertiary/aromatic N) is 1. The highest BCUT2D eigenvalue weighted by Gasteiger charge is 2.15. The van der Waals surface area contributed by atoms with E-state index in [2.05, 4.69) is 5.32 Å². The van der Waals surface area contributed by atoms with E-state index in [1.165, 1.54) is 26.4 Å². The van der Waals surface area contributed by atoms with E-state index in [-0.39, 0.29) is 19.0 Å². The van der Waals surface area contributed by atoms with Gasteiger partial charge in [-0.2, -0.15) is 0 Å². The van der Waals surface area contributed by atoms with Gasteiger partial charge >= 0.3 is 0 Å². The summed E-state index contributed by atoms with van der Waals surface area (Å²) in [5.74, 6) is 0.139. The molecule has 0 aliphatic heterocycles. The van der Waals surface area contributed by atoms with Crippen LogP contribution in [0.3, 0.4) is 0 Å². The second-order valence-corrected chi connectivity index (χ2v) is 6.42. The van der Waals surface area contributed by atoms with Gasteiger partial charge in [0.1, 0.15) is 17.3 Å². The van der Waals surface area contributed by atoms with Gasteiger partial charge < -0.3 is 14.8 Å². The molecule has 140 valence electrons. The fourth-order valence-corrected chi connectivity index (χ4v) is 2.87. The van der Waals surface area contributed by atoms with Gasteiger partial charge in [0.2, 0.25) is 5.91 Å². The number of carbonyl (C=O) groups is 1. The van der Waals surface area contributed by atoms with Gasteiger partial charge in [-0.1, -0.05) is 29.3 Å². The molecule has 0 aromatic heterocycles. The summed E-state index contributed by atoms with van der Waals surface area (Å²) in [6.45, 7) is 0.219.